The van der Waals surface area contributed by atoms with E-state index in [0.717, 1.165) is 6.42 Å². The highest BCUT2D eigenvalue weighted by atomic mass is 16.2. The summed E-state index contributed by atoms with van der Waals surface area (Å²) >= 11 is 0. The Bertz CT molecular complexity index is 418. The summed E-state index contributed by atoms with van der Waals surface area (Å²) in [4.78, 5) is 27.6. The van der Waals surface area contributed by atoms with E-state index in [4.69, 9.17) is 0 Å². The molecule has 21 heavy (non-hydrogen) atoms. The number of ketones is 1. The molecule has 1 rings (SSSR count). The molecule has 3 heteroatoms. The molecule has 2 unspecified atom stereocenters. The topological polar surface area (TPSA) is 37.4 Å². The maximum Gasteiger partial charge on any atom is 0.234 e. The number of rotatable bonds is 1. The Labute approximate surface area is 130 Å². The van der Waals surface area contributed by atoms with Crippen LogP contribution in [0.1, 0.15) is 68.7 Å². The molecule has 1 saturated heterocycles. The van der Waals surface area contributed by atoms with E-state index in [0.29, 0.717) is 6.54 Å². The number of carbonyl (C=O) groups excluding carboxylic acids is 2. The van der Waals surface area contributed by atoms with Gasteiger partial charge in [0.2, 0.25) is 5.91 Å². The van der Waals surface area contributed by atoms with Gasteiger partial charge in [0, 0.05) is 18.0 Å². The largest absolute Gasteiger partial charge is 0.336 e. The summed E-state index contributed by atoms with van der Waals surface area (Å²) in [6.07, 6.45) is 0.832. The predicted molar refractivity (Wildman–Crippen MR) is 87.0 cm³/mol. The molecule has 0 aliphatic carbocycles. The first-order valence-corrected chi connectivity index (χ1v) is 8.00. The van der Waals surface area contributed by atoms with Crippen molar-refractivity contribution in [1.29, 1.82) is 0 Å². The number of piperidine rings is 1. The Kier molecular flexibility index (Phi) is 4.68. The van der Waals surface area contributed by atoms with Crippen molar-refractivity contribution >= 4 is 11.7 Å². The molecular formula is C18H33NO2. The summed E-state index contributed by atoms with van der Waals surface area (Å²) in [6.45, 7) is 19.2. The van der Waals surface area contributed by atoms with Gasteiger partial charge >= 0.3 is 0 Å². The van der Waals surface area contributed by atoms with Crippen molar-refractivity contribution in [2.24, 2.45) is 22.7 Å². The maximum absolute atomic E-state index is 12.9. The van der Waals surface area contributed by atoms with Gasteiger partial charge in [-0.3, -0.25) is 9.59 Å². The van der Waals surface area contributed by atoms with E-state index in [-0.39, 0.29) is 34.0 Å². The van der Waals surface area contributed by atoms with Crippen LogP contribution in [0.25, 0.3) is 0 Å². The third kappa shape index (κ3) is 4.31. The van der Waals surface area contributed by atoms with E-state index in [1.165, 1.54) is 0 Å². The number of nitrogens with zero attached hydrogens (tertiary/aromatic N) is 1. The number of Topliss-reactive ketones (excluding diaryl/α,β-unsaturated/α-hetero) is 1. The smallest absolute Gasteiger partial charge is 0.234 e. The quantitative estimate of drug-likeness (QED) is 0.688. The predicted octanol–water partition coefficient (Wildman–Crippen LogP) is 3.91. The number of hydrogen-bond acceptors (Lipinski definition) is 2. The summed E-state index contributed by atoms with van der Waals surface area (Å²) in [5.41, 5.74) is -0.474. The number of carbonyl (C=O) groups is 2. The SMILES string of the molecule is CC(C)(C)CC1CN(C(C)(C)C)C(=O)C(C(C)(C)C)C1=O. The zero-order valence-electron chi connectivity index (χ0n) is 15.3. The van der Waals surface area contributed by atoms with Gasteiger partial charge in [-0.05, 0) is 38.0 Å². The average Bonchev–Trinajstić information content (AvgIpc) is 2.16. The molecule has 0 saturated carbocycles. The van der Waals surface area contributed by atoms with Gasteiger partial charge in [-0.2, -0.15) is 0 Å². The zero-order chi connectivity index (χ0) is 16.8. The second kappa shape index (κ2) is 5.40. The number of amides is 1. The van der Waals surface area contributed by atoms with Gasteiger partial charge in [0.05, 0.1) is 0 Å². The molecule has 0 spiro atoms. The van der Waals surface area contributed by atoms with E-state index >= 15 is 0 Å². The van der Waals surface area contributed by atoms with Gasteiger partial charge in [0.1, 0.15) is 5.92 Å². The lowest BCUT2D eigenvalue weighted by atomic mass is 9.68. The summed E-state index contributed by atoms with van der Waals surface area (Å²) in [6, 6.07) is 0. The van der Waals surface area contributed by atoms with E-state index in [2.05, 4.69) is 41.5 Å². The molecule has 3 nitrogen and oxygen atoms in total. The van der Waals surface area contributed by atoms with Crippen molar-refractivity contribution in [2.75, 3.05) is 6.54 Å². The molecule has 2 atom stereocenters. The number of hydrogen-bond donors (Lipinski definition) is 0. The molecule has 1 amide bonds. The van der Waals surface area contributed by atoms with Crippen LogP contribution >= 0.6 is 0 Å². The molecule has 0 bridgehead atoms. The van der Waals surface area contributed by atoms with E-state index in [1.807, 2.05) is 25.7 Å². The summed E-state index contributed by atoms with van der Waals surface area (Å²) in [5.74, 6) is -0.419. The van der Waals surface area contributed by atoms with E-state index in [1.54, 1.807) is 0 Å². The lowest BCUT2D eigenvalue weighted by Gasteiger charge is -2.47. The van der Waals surface area contributed by atoms with Crippen LogP contribution in [-0.2, 0) is 9.59 Å². The summed E-state index contributed by atoms with van der Waals surface area (Å²) < 4.78 is 0. The normalized spacial score (nSPS) is 25.5. The summed E-state index contributed by atoms with van der Waals surface area (Å²) in [5, 5.41) is 0. The standard InChI is InChI=1S/C18H33NO2/c1-16(2,3)10-12-11-19(18(7,8)9)15(21)13(14(12)20)17(4,5)6/h12-13H,10-11H2,1-9H3. The van der Waals surface area contributed by atoms with Crippen LogP contribution in [0.3, 0.4) is 0 Å². The van der Waals surface area contributed by atoms with Crippen molar-refractivity contribution in [2.45, 2.75) is 74.3 Å². The molecule has 0 aromatic rings. The molecule has 1 heterocycles. The fraction of sp³-hybridized carbons (Fsp3) is 0.889. The van der Waals surface area contributed by atoms with Crippen LogP contribution in [0.4, 0.5) is 0 Å². The average molecular weight is 295 g/mol. The third-order valence-electron chi connectivity index (χ3n) is 4.14. The second-order valence-electron chi connectivity index (χ2n) is 9.78. The molecule has 122 valence electrons. The molecule has 0 aromatic carbocycles. The Balaban J connectivity index is 3.20. The first kappa shape index (κ1) is 18.2. The molecule has 1 fully saturated rings. The fourth-order valence-corrected chi connectivity index (χ4v) is 3.22. The Hall–Kier alpha value is -0.860. The van der Waals surface area contributed by atoms with Gasteiger partial charge in [-0.15, -0.1) is 0 Å². The minimum atomic E-state index is -0.516. The monoisotopic (exact) mass is 295 g/mol. The first-order valence-electron chi connectivity index (χ1n) is 8.00. The third-order valence-corrected chi connectivity index (χ3v) is 4.14. The Morgan fingerprint density at radius 2 is 1.43 bits per heavy atom. The minimum Gasteiger partial charge on any atom is -0.336 e. The van der Waals surface area contributed by atoms with Crippen molar-refractivity contribution in [3.63, 3.8) is 0 Å². The fourth-order valence-electron chi connectivity index (χ4n) is 3.22. The zero-order valence-corrected chi connectivity index (χ0v) is 15.3. The maximum atomic E-state index is 12.9. The molecule has 1 aliphatic rings. The highest BCUT2D eigenvalue weighted by Gasteiger charge is 2.49. The van der Waals surface area contributed by atoms with E-state index < -0.39 is 5.92 Å². The van der Waals surface area contributed by atoms with Crippen molar-refractivity contribution in [3.8, 4) is 0 Å². The van der Waals surface area contributed by atoms with Gasteiger partial charge in [-0.25, -0.2) is 0 Å². The Morgan fingerprint density at radius 1 is 0.952 bits per heavy atom. The van der Waals surface area contributed by atoms with Crippen molar-refractivity contribution in [3.05, 3.63) is 0 Å². The van der Waals surface area contributed by atoms with Crippen LogP contribution in [0.15, 0.2) is 0 Å². The molecule has 0 radical (unpaired) electrons. The van der Waals surface area contributed by atoms with Gasteiger partial charge < -0.3 is 4.90 Å². The van der Waals surface area contributed by atoms with Crippen LogP contribution in [-0.4, -0.2) is 28.7 Å². The molecule has 1 aliphatic heterocycles. The van der Waals surface area contributed by atoms with Crippen molar-refractivity contribution in [1.82, 2.24) is 4.90 Å². The minimum absolute atomic E-state index is 0.00478. The second-order valence-corrected chi connectivity index (χ2v) is 9.78. The van der Waals surface area contributed by atoms with Crippen LogP contribution in [0.5, 0.6) is 0 Å². The van der Waals surface area contributed by atoms with Crippen LogP contribution in [0.2, 0.25) is 0 Å². The van der Waals surface area contributed by atoms with Crippen LogP contribution < -0.4 is 0 Å². The lowest BCUT2D eigenvalue weighted by Crippen LogP contribution is -2.60. The first-order chi connectivity index (χ1) is 9.14. The van der Waals surface area contributed by atoms with Gasteiger partial charge in [0.15, 0.2) is 5.78 Å². The highest BCUT2D eigenvalue weighted by molar-refractivity contribution is 6.05. The highest BCUT2D eigenvalue weighted by Crippen LogP contribution is 2.39. The molecule has 0 N–H and O–H groups in total. The van der Waals surface area contributed by atoms with Crippen molar-refractivity contribution < 1.29 is 9.59 Å². The Morgan fingerprint density at radius 3 is 1.76 bits per heavy atom. The molecule has 0 aromatic heterocycles. The number of likely N-dealkylation sites (tertiary alicyclic amines) is 1. The van der Waals surface area contributed by atoms with Gasteiger partial charge in [0.25, 0.3) is 0 Å². The summed E-state index contributed by atoms with van der Waals surface area (Å²) in [7, 11) is 0. The van der Waals surface area contributed by atoms with Gasteiger partial charge in [-0.1, -0.05) is 41.5 Å². The lowest BCUT2D eigenvalue weighted by molar-refractivity contribution is -0.159. The van der Waals surface area contributed by atoms with Crippen LogP contribution in [0, 0.1) is 22.7 Å². The molecular weight excluding hydrogens is 262 g/mol. The van der Waals surface area contributed by atoms with E-state index in [9.17, 15) is 9.59 Å².